The molecular weight excluding hydrogens is 437 g/mol. The predicted octanol–water partition coefficient (Wildman–Crippen LogP) is 2.86. The first-order chi connectivity index (χ1) is 12.2. The van der Waals surface area contributed by atoms with Crippen molar-refractivity contribution < 1.29 is 0 Å². The lowest BCUT2D eigenvalue weighted by Gasteiger charge is -2.36. The first-order valence-electron chi connectivity index (χ1n) is 9.79. The van der Waals surface area contributed by atoms with Gasteiger partial charge in [0.1, 0.15) is 0 Å². The van der Waals surface area contributed by atoms with E-state index in [1.165, 1.54) is 18.5 Å². The Morgan fingerprint density at radius 3 is 2.54 bits per heavy atom. The number of hydrogen-bond acceptors (Lipinski definition) is 3. The number of para-hydroxylation sites is 1. The number of halogens is 1. The Morgan fingerprint density at radius 1 is 1.12 bits per heavy atom. The molecule has 2 fully saturated rings. The van der Waals surface area contributed by atoms with Gasteiger partial charge >= 0.3 is 0 Å². The van der Waals surface area contributed by atoms with Crippen LogP contribution in [-0.2, 0) is 0 Å². The zero-order valence-corrected chi connectivity index (χ0v) is 18.3. The molecule has 2 N–H and O–H groups in total. The van der Waals surface area contributed by atoms with E-state index in [9.17, 15) is 0 Å². The summed E-state index contributed by atoms with van der Waals surface area (Å²) in [5.74, 6) is 1.49. The number of anilines is 1. The van der Waals surface area contributed by atoms with E-state index in [0.717, 1.165) is 70.7 Å². The quantitative estimate of drug-likeness (QED) is 0.311. The fourth-order valence-corrected chi connectivity index (χ4v) is 3.85. The Morgan fingerprint density at radius 2 is 1.85 bits per heavy atom. The van der Waals surface area contributed by atoms with E-state index < -0.39 is 0 Å². The molecule has 2 heterocycles. The molecule has 0 spiro atoms. The highest BCUT2D eigenvalue weighted by Crippen LogP contribution is 2.16. The Labute approximate surface area is 175 Å². The van der Waals surface area contributed by atoms with Gasteiger partial charge in [-0.2, -0.15) is 0 Å². The number of piperidine rings is 1. The van der Waals surface area contributed by atoms with Gasteiger partial charge in [-0.05, 0) is 37.3 Å². The molecular formula is C20H34IN5. The smallest absolute Gasteiger partial charge is 0.191 e. The second-order valence-electron chi connectivity index (χ2n) is 7.45. The molecule has 5 nitrogen and oxygen atoms in total. The average molecular weight is 471 g/mol. The number of likely N-dealkylation sites (tertiary alicyclic amines) is 1. The van der Waals surface area contributed by atoms with Crippen LogP contribution in [0.5, 0.6) is 0 Å². The van der Waals surface area contributed by atoms with Gasteiger partial charge in [-0.3, -0.25) is 9.89 Å². The van der Waals surface area contributed by atoms with E-state index in [0.29, 0.717) is 0 Å². The van der Waals surface area contributed by atoms with E-state index in [1.54, 1.807) is 0 Å². The summed E-state index contributed by atoms with van der Waals surface area (Å²) in [6.07, 6.45) is 3.65. The van der Waals surface area contributed by atoms with Crippen LogP contribution >= 0.6 is 24.0 Å². The molecule has 0 aliphatic carbocycles. The van der Waals surface area contributed by atoms with Crippen LogP contribution in [0.3, 0.4) is 0 Å². The molecule has 1 atom stereocenters. The molecule has 146 valence electrons. The van der Waals surface area contributed by atoms with Crippen molar-refractivity contribution >= 4 is 35.6 Å². The second-order valence-corrected chi connectivity index (χ2v) is 7.45. The van der Waals surface area contributed by atoms with Gasteiger partial charge in [0.25, 0.3) is 0 Å². The number of benzene rings is 1. The molecule has 0 saturated carbocycles. The summed E-state index contributed by atoms with van der Waals surface area (Å²) in [5, 5.41) is 0. The molecule has 0 bridgehead atoms. The molecule has 2 saturated heterocycles. The van der Waals surface area contributed by atoms with E-state index in [2.05, 4.69) is 56.9 Å². The van der Waals surface area contributed by atoms with Crippen molar-refractivity contribution in [3.05, 3.63) is 30.3 Å². The SMILES string of the molecule is CC1CCCN(C(N)=NCCCN2CCN(c3ccccc3)CC2)C1.I. The van der Waals surface area contributed by atoms with Crippen LogP contribution in [0, 0.1) is 5.92 Å². The van der Waals surface area contributed by atoms with Gasteiger partial charge in [-0.1, -0.05) is 25.1 Å². The fourth-order valence-electron chi connectivity index (χ4n) is 3.85. The molecule has 2 aliphatic rings. The zero-order chi connectivity index (χ0) is 17.5. The third-order valence-electron chi connectivity index (χ3n) is 5.38. The highest BCUT2D eigenvalue weighted by molar-refractivity contribution is 14.0. The minimum atomic E-state index is 0. The lowest BCUT2D eigenvalue weighted by Crippen LogP contribution is -2.46. The van der Waals surface area contributed by atoms with Crippen molar-refractivity contribution in [1.29, 1.82) is 0 Å². The average Bonchev–Trinajstić information content (AvgIpc) is 2.66. The van der Waals surface area contributed by atoms with E-state index in [1.807, 2.05) is 0 Å². The van der Waals surface area contributed by atoms with Crippen LogP contribution in [0.4, 0.5) is 5.69 Å². The topological polar surface area (TPSA) is 48.1 Å². The van der Waals surface area contributed by atoms with Crippen molar-refractivity contribution in [2.45, 2.75) is 26.2 Å². The van der Waals surface area contributed by atoms with Crippen LogP contribution in [0.25, 0.3) is 0 Å². The van der Waals surface area contributed by atoms with Gasteiger partial charge in [0, 0.05) is 58.0 Å². The lowest BCUT2D eigenvalue weighted by atomic mass is 10.0. The summed E-state index contributed by atoms with van der Waals surface area (Å²) in [6, 6.07) is 10.7. The van der Waals surface area contributed by atoms with Crippen molar-refractivity contribution in [3.8, 4) is 0 Å². The first-order valence-corrected chi connectivity index (χ1v) is 9.79. The number of nitrogens with zero attached hydrogens (tertiary/aromatic N) is 4. The number of piperazine rings is 1. The molecule has 1 aromatic rings. The Kier molecular flexibility index (Phi) is 8.98. The number of hydrogen-bond donors (Lipinski definition) is 1. The number of aliphatic imine (C=N–C) groups is 1. The van der Waals surface area contributed by atoms with Crippen LogP contribution in [0.1, 0.15) is 26.2 Å². The van der Waals surface area contributed by atoms with Crippen LogP contribution < -0.4 is 10.6 Å². The van der Waals surface area contributed by atoms with Gasteiger partial charge in [-0.15, -0.1) is 24.0 Å². The minimum absolute atomic E-state index is 0. The maximum absolute atomic E-state index is 6.17. The molecule has 0 aromatic heterocycles. The number of rotatable bonds is 5. The summed E-state index contributed by atoms with van der Waals surface area (Å²) in [7, 11) is 0. The predicted molar refractivity (Wildman–Crippen MR) is 122 cm³/mol. The Hall–Kier alpha value is -1.02. The number of nitrogens with two attached hydrogens (primary N) is 1. The zero-order valence-electron chi connectivity index (χ0n) is 16.0. The summed E-state index contributed by atoms with van der Waals surface area (Å²) < 4.78 is 0. The molecule has 6 heteroatoms. The third kappa shape index (κ3) is 6.30. The molecule has 1 aromatic carbocycles. The first kappa shape index (κ1) is 21.3. The van der Waals surface area contributed by atoms with Crippen molar-refractivity contribution in [3.63, 3.8) is 0 Å². The van der Waals surface area contributed by atoms with Crippen LogP contribution in [0.2, 0.25) is 0 Å². The lowest BCUT2D eigenvalue weighted by molar-refractivity contribution is 0.255. The van der Waals surface area contributed by atoms with Gasteiger partial charge in [0.05, 0.1) is 0 Å². The number of guanidine groups is 1. The normalized spacial score (nSPS) is 22.2. The molecule has 2 aliphatic heterocycles. The maximum atomic E-state index is 6.17. The van der Waals surface area contributed by atoms with E-state index >= 15 is 0 Å². The highest BCUT2D eigenvalue weighted by atomic mass is 127. The van der Waals surface area contributed by atoms with Crippen LogP contribution in [-0.4, -0.2) is 68.1 Å². The fraction of sp³-hybridized carbons (Fsp3) is 0.650. The maximum Gasteiger partial charge on any atom is 0.191 e. The summed E-state index contributed by atoms with van der Waals surface area (Å²) >= 11 is 0. The molecule has 26 heavy (non-hydrogen) atoms. The molecule has 1 unspecified atom stereocenters. The summed E-state index contributed by atoms with van der Waals surface area (Å²) in [5.41, 5.74) is 7.51. The summed E-state index contributed by atoms with van der Waals surface area (Å²) in [6.45, 7) is 10.9. The molecule has 0 amide bonds. The Balaban J connectivity index is 0.00000243. The molecule has 3 rings (SSSR count). The van der Waals surface area contributed by atoms with Crippen molar-refractivity contribution in [2.75, 3.05) is 57.3 Å². The van der Waals surface area contributed by atoms with Gasteiger partial charge in [0.15, 0.2) is 5.96 Å². The van der Waals surface area contributed by atoms with E-state index in [4.69, 9.17) is 5.73 Å². The van der Waals surface area contributed by atoms with Gasteiger partial charge in [-0.25, -0.2) is 0 Å². The standard InChI is InChI=1S/C20H33N5.HI/c1-18-7-5-12-25(17-18)20(21)22-10-6-11-23-13-15-24(16-14-23)19-8-3-2-4-9-19;/h2-4,8-9,18H,5-7,10-17H2,1H3,(H2,21,22);1H. The van der Waals surface area contributed by atoms with Gasteiger partial charge in [0.2, 0.25) is 0 Å². The third-order valence-corrected chi connectivity index (χ3v) is 5.38. The second kappa shape index (κ2) is 11.0. The largest absolute Gasteiger partial charge is 0.370 e. The molecule has 0 radical (unpaired) electrons. The van der Waals surface area contributed by atoms with Crippen molar-refractivity contribution in [1.82, 2.24) is 9.80 Å². The van der Waals surface area contributed by atoms with E-state index in [-0.39, 0.29) is 24.0 Å². The van der Waals surface area contributed by atoms with Gasteiger partial charge < -0.3 is 15.5 Å². The summed E-state index contributed by atoms with van der Waals surface area (Å²) in [4.78, 5) is 11.9. The van der Waals surface area contributed by atoms with Crippen LogP contribution in [0.15, 0.2) is 35.3 Å². The Bertz CT molecular complexity index is 542. The highest BCUT2D eigenvalue weighted by Gasteiger charge is 2.18. The van der Waals surface area contributed by atoms with Crippen molar-refractivity contribution in [2.24, 2.45) is 16.6 Å². The minimum Gasteiger partial charge on any atom is -0.370 e. The monoisotopic (exact) mass is 471 g/mol.